The first-order valence-corrected chi connectivity index (χ1v) is 4.22. The second-order valence-corrected chi connectivity index (χ2v) is 2.74. The van der Waals surface area contributed by atoms with Crippen molar-refractivity contribution in [2.24, 2.45) is 5.73 Å². The van der Waals surface area contributed by atoms with Gasteiger partial charge in [-0.05, 0) is 30.2 Å². The predicted molar refractivity (Wildman–Crippen MR) is 53.8 cm³/mol. The molecule has 0 fully saturated rings. The molecule has 1 aromatic carbocycles. The van der Waals surface area contributed by atoms with Gasteiger partial charge in [-0.3, -0.25) is 0 Å². The molecule has 2 N–H and O–H groups in total. The quantitative estimate of drug-likeness (QED) is 0.706. The molecule has 0 heterocycles. The summed E-state index contributed by atoms with van der Waals surface area (Å²) in [4.78, 5) is 0. The number of nitrogens with zero attached hydrogens (tertiary/aromatic N) is 1. The van der Waals surface area contributed by atoms with E-state index in [0.717, 1.165) is 12.0 Å². The van der Waals surface area contributed by atoms with E-state index in [2.05, 4.69) is 0 Å². The number of allylic oxidation sites excluding steroid dienone is 1. The number of nitriles is 1. The van der Waals surface area contributed by atoms with Crippen LogP contribution in [0.2, 0.25) is 0 Å². The normalized spacial score (nSPS) is 10.2. The third-order valence-electron chi connectivity index (χ3n) is 1.76. The summed E-state index contributed by atoms with van der Waals surface area (Å²) in [7, 11) is 0. The van der Waals surface area contributed by atoms with Gasteiger partial charge in [0.05, 0.1) is 6.07 Å². The number of hydrogen-bond acceptors (Lipinski definition) is 2. The van der Waals surface area contributed by atoms with Gasteiger partial charge in [0.1, 0.15) is 0 Å². The number of benzene rings is 1. The molecule has 0 spiro atoms. The number of nitrogens with two attached hydrogens (primary N) is 1. The van der Waals surface area contributed by atoms with Crippen molar-refractivity contribution in [2.75, 3.05) is 6.54 Å². The van der Waals surface area contributed by atoms with Crippen LogP contribution in [0.15, 0.2) is 30.3 Å². The van der Waals surface area contributed by atoms with Crippen molar-refractivity contribution in [3.8, 4) is 6.07 Å². The Morgan fingerprint density at radius 2 is 2.00 bits per heavy atom. The molecule has 13 heavy (non-hydrogen) atoms. The van der Waals surface area contributed by atoms with Crippen molar-refractivity contribution in [3.63, 3.8) is 0 Å². The van der Waals surface area contributed by atoms with Gasteiger partial charge in [-0.2, -0.15) is 5.26 Å². The van der Waals surface area contributed by atoms with Crippen molar-refractivity contribution in [1.82, 2.24) is 0 Å². The molecule has 1 aromatic rings. The molecule has 0 aromatic heterocycles. The van der Waals surface area contributed by atoms with E-state index in [1.165, 1.54) is 11.6 Å². The van der Waals surface area contributed by atoms with Crippen molar-refractivity contribution in [1.29, 1.82) is 5.26 Å². The highest BCUT2D eigenvalue weighted by atomic mass is 14.5. The molecule has 0 atom stereocenters. The fourth-order valence-electron chi connectivity index (χ4n) is 1.10. The summed E-state index contributed by atoms with van der Waals surface area (Å²) in [6.07, 6.45) is 4.16. The average Bonchev–Trinajstić information content (AvgIpc) is 2.17. The van der Waals surface area contributed by atoms with Crippen LogP contribution in [-0.2, 0) is 6.42 Å². The lowest BCUT2D eigenvalue weighted by atomic mass is 10.1. The highest BCUT2D eigenvalue weighted by Gasteiger charge is 1.90. The van der Waals surface area contributed by atoms with Crippen LogP contribution in [0.4, 0.5) is 0 Å². The third-order valence-corrected chi connectivity index (χ3v) is 1.76. The highest BCUT2D eigenvalue weighted by molar-refractivity contribution is 5.52. The van der Waals surface area contributed by atoms with Gasteiger partial charge < -0.3 is 5.73 Å². The van der Waals surface area contributed by atoms with Gasteiger partial charge >= 0.3 is 0 Å². The Balaban J connectivity index is 2.70. The second kappa shape index (κ2) is 5.13. The molecular formula is C11H12N2. The summed E-state index contributed by atoms with van der Waals surface area (Å²) in [5.74, 6) is 0. The Bertz CT molecular complexity index is 317. The number of rotatable bonds is 3. The van der Waals surface area contributed by atoms with Crippen LogP contribution in [0.25, 0.3) is 6.08 Å². The summed E-state index contributed by atoms with van der Waals surface area (Å²) in [6.45, 7) is 0.674. The zero-order valence-electron chi connectivity index (χ0n) is 7.40. The maximum Gasteiger partial charge on any atom is 0.0912 e. The van der Waals surface area contributed by atoms with Gasteiger partial charge in [-0.1, -0.05) is 24.3 Å². The van der Waals surface area contributed by atoms with Crippen molar-refractivity contribution >= 4 is 6.08 Å². The summed E-state index contributed by atoms with van der Waals surface area (Å²) < 4.78 is 0. The first-order chi connectivity index (χ1) is 6.36. The van der Waals surface area contributed by atoms with Gasteiger partial charge in [0, 0.05) is 6.08 Å². The van der Waals surface area contributed by atoms with Crippen LogP contribution in [0, 0.1) is 11.3 Å². The first-order valence-electron chi connectivity index (χ1n) is 4.22. The molecule has 0 unspecified atom stereocenters. The van der Waals surface area contributed by atoms with E-state index in [4.69, 9.17) is 11.0 Å². The van der Waals surface area contributed by atoms with E-state index in [0.29, 0.717) is 6.54 Å². The smallest absolute Gasteiger partial charge is 0.0912 e. The lowest BCUT2D eigenvalue weighted by Gasteiger charge is -1.98. The second-order valence-electron chi connectivity index (χ2n) is 2.74. The van der Waals surface area contributed by atoms with Crippen molar-refractivity contribution in [3.05, 3.63) is 41.5 Å². The molecule has 0 amide bonds. The molecule has 2 heteroatoms. The first kappa shape index (κ1) is 9.50. The topological polar surface area (TPSA) is 49.8 Å². The van der Waals surface area contributed by atoms with Gasteiger partial charge in [0.15, 0.2) is 0 Å². The lowest BCUT2D eigenvalue weighted by molar-refractivity contribution is 0.969. The molecule has 0 saturated heterocycles. The van der Waals surface area contributed by atoms with Gasteiger partial charge in [-0.25, -0.2) is 0 Å². The van der Waals surface area contributed by atoms with E-state index >= 15 is 0 Å². The zero-order chi connectivity index (χ0) is 9.52. The third kappa shape index (κ3) is 3.10. The van der Waals surface area contributed by atoms with Crippen molar-refractivity contribution < 1.29 is 0 Å². The largest absolute Gasteiger partial charge is 0.330 e. The minimum absolute atomic E-state index is 0.674. The molecule has 0 radical (unpaired) electrons. The fourth-order valence-corrected chi connectivity index (χ4v) is 1.10. The van der Waals surface area contributed by atoms with Crippen LogP contribution < -0.4 is 5.73 Å². The van der Waals surface area contributed by atoms with Crippen LogP contribution in [0.5, 0.6) is 0 Å². The van der Waals surface area contributed by atoms with Crippen LogP contribution >= 0.6 is 0 Å². The molecule has 0 aliphatic heterocycles. The molecule has 2 nitrogen and oxygen atoms in total. The maximum absolute atomic E-state index is 8.31. The zero-order valence-corrected chi connectivity index (χ0v) is 7.40. The minimum atomic E-state index is 0.674. The van der Waals surface area contributed by atoms with E-state index < -0.39 is 0 Å². The highest BCUT2D eigenvalue weighted by Crippen LogP contribution is 2.06. The van der Waals surface area contributed by atoms with Crippen LogP contribution in [0.1, 0.15) is 11.1 Å². The Labute approximate surface area is 78.3 Å². The number of hydrogen-bond donors (Lipinski definition) is 1. The van der Waals surface area contributed by atoms with E-state index in [1.54, 1.807) is 6.08 Å². The minimum Gasteiger partial charge on any atom is -0.330 e. The summed E-state index contributed by atoms with van der Waals surface area (Å²) in [5.41, 5.74) is 7.70. The Morgan fingerprint density at radius 1 is 1.31 bits per heavy atom. The Morgan fingerprint density at radius 3 is 2.54 bits per heavy atom. The molecule has 0 aliphatic carbocycles. The molecule has 66 valence electrons. The van der Waals surface area contributed by atoms with Gasteiger partial charge in [-0.15, -0.1) is 0 Å². The SMILES string of the molecule is N#CC=Cc1ccc(CCN)cc1. The van der Waals surface area contributed by atoms with E-state index in [9.17, 15) is 0 Å². The van der Waals surface area contributed by atoms with Gasteiger partial charge in [0.2, 0.25) is 0 Å². The molecule has 0 saturated carbocycles. The summed E-state index contributed by atoms with van der Waals surface area (Å²) in [5, 5.41) is 8.31. The lowest BCUT2D eigenvalue weighted by Crippen LogP contribution is -2.02. The molecule has 0 bridgehead atoms. The summed E-state index contributed by atoms with van der Waals surface area (Å²) in [6, 6.07) is 9.99. The van der Waals surface area contributed by atoms with E-state index in [1.807, 2.05) is 30.3 Å². The molecular weight excluding hydrogens is 160 g/mol. The summed E-state index contributed by atoms with van der Waals surface area (Å²) >= 11 is 0. The Kier molecular flexibility index (Phi) is 3.74. The average molecular weight is 172 g/mol. The monoisotopic (exact) mass is 172 g/mol. The van der Waals surface area contributed by atoms with Crippen molar-refractivity contribution in [2.45, 2.75) is 6.42 Å². The van der Waals surface area contributed by atoms with E-state index in [-0.39, 0.29) is 0 Å². The fraction of sp³-hybridized carbons (Fsp3) is 0.182. The van der Waals surface area contributed by atoms with Crippen LogP contribution in [0.3, 0.4) is 0 Å². The maximum atomic E-state index is 8.31. The van der Waals surface area contributed by atoms with Gasteiger partial charge in [0.25, 0.3) is 0 Å². The molecule has 0 aliphatic rings. The molecule has 1 rings (SSSR count). The van der Waals surface area contributed by atoms with Crippen LogP contribution in [-0.4, -0.2) is 6.54 Å². The predicted octanol–water partition coefficient (Wildman–Crippen LogP) is 1.72. The standard InChI is InChI=1S/C11H12N2/c12-8-1-2-10-3-5-11(6-4-10)7-9-13/h1-6H,7,9,13H2. The Hall–Kier alpha value is -1.59.